The number of likely N-dealkylation sites (N-methyl/N-ethyl adjacent to an activating group) is 1. The molecule has 0 aromatic rings. The van der Waals surface area contributed by atoms with Crippen LogP contribution >= 0.6 is 7.82 Å². The Morgan fingerprint density at radius 2 is 0.884 bits per heavy atom. The Kier molecular flexibility index (Phi) is 48.1. The molecule has 0 rings (SSSR count). The third-order valence-electron chi connectivity index (χ3n) is 12.7. The summed E-state index contributed by atoms with van der Waals surface area (Å²) < 4.78 is 30.6. The zero-order chi connectivity index (χ0) is 50.8. The highest BCUT2D eigenvalue weighted by atomic mass is 31.2. The van der Waals surface area contributed by atoms with Crippen LogP contribution in [0.3, 0.4) is 0 Å². The molecule has 3 atom stereocenters. The van der Waals surface area contributed by atoms with Gasteiger partial charge in [0.15, 0.2) is 0 Å². The summed E-state index contributed by atoms with van der Waals surface area (Å²) in [6, 6.07) is -0.856. The number of amides is 1. The molecule has 0 saturated heterocycles. The summed E-state index contributed by atoms with van der Waals surface area (Å²) in [6.07, 6.45) is 59.5. The molecule has 0 aliphatic carbocycles. The fraction of sp³-hybridized carbons (Fsp3) is 0.831. The average Bonchev–Trinajstić information content (AvgIpc) is 3.31. The van der Waals surface area contributed by atoms with Crippen LogP contribution < -0.4 is 5.32 Å². The van der Waals surface area contributed by atoms with E-state index in [9.17, 15) is 19.0 Å². The molecule has 69 heavy (non-hydrogen) atoms. The van der Waals surface area contributed by atoms with E-state index in [4.69, 9.17) is 13.8 Å². The van der Waals surface area contributed by atoms with E-state index in [0.29, 0.717) is 23.9 Å². The lowest BCUT2D eigenvalue weighted by molar-refractivity contribution is -0.870. The Morgan fingerprint density at radius 1 is 0.507 bits per heavy atom. The van der Waals surface area contributed by atoms with Crippen molar-refractivity contribution < 1.29 is 37.3 Å². The lowest BCUT2D eigenvalue weighted by Crippen LogP contribution is -2.47. The topological polar surface area (TPSA) is 111 Å². The summed E-state index contributed by atoms with van der Waals surface area (Å²) in [5, 5.41) is 3.04. The highest BCUT2D eigenvalue weighted by Gasteiger charge is 2.30. The van der Waals surface area contributed by atoms with Crippen LogP contribution in [0, 0.1) is 0 Å². The van der Waals surface area contributed by atoms with Crippen LogP contribution in [0.2, 0.25) is 0 Å². The minimum Gasteiger partial charge on any atom is -0.456 e. The fourth-order valence-corrected chi connectivity index (χ4v) is 8.94. The fourth-order valence-electron chi connectivity index (χ4n) is 8.20. The van der Waals surface area contributed by atoms with Crippen LogP contribution in [-0.2, 0) is 27.9 Å². The number of carbonyl (C=O) groups excluding carboxylic acids is 2. The Labute approximate surface area is 427 Å². The maximum absolute atomic E-state index is 13.5. The lowest BCUT2D eigenvalue weighted by Gasteiger charge is -2.27. The average molecular weight is 993 g/mol. The number of quaternary nitrogens is 1. The number of carbonyl (C=O) groups is 2. The van der Waals surface area contributed by atoms with Crippen molar-refractivity contribution in [3.8, 4) is 0 Å². The van der Waals surface area contributed by atoms with Crippen LogP contribution in [-0.4, -0.2) is 74.3 Å². The number of ether oxygens (including phenoxy) is 1. The molecule has 0 spiro atoms. The van der Waals surface area contributed by atoms with Crippen molar-refractivity contribution in [3.05, 3.63) is 48.6 Å². The molecule has 0 heterocycles. The number of esters is 1. The molecule has 1 amide bonds. The Hall–Kier alpha value is -2.03. The predicted octanol–water partition coefficient (Wildman–Crippen LogP) is 17.3. The summed E-state index contributed by atoms with van der Waals surface area (Å²) >= 11 is 0. The van der Waals surface area contributed by atoms with Gasteiger partial charge < -0.3 is 19.4 Å². The Morgan fingerprint density at radius 3 is 1.36 bits per heavy atom. The summed E-state index contributed by atoms with van der Waals surface area (Å²) in [6.45, 7) is 6.97. The smallest absolute Gasteiger partial charge is 0.456 e. The van der Waals surface area contributed by atoms with Crippen LogP contribution in [0.1, 0.15) is 265 Å². The van der Waals surface area contributed by atoms with Crippen molar-refractivity contribution in [1.82, 2.24) is 5.32 Å². The maximum atomic E-state index is 13.5. The third kappa shape index (κ3) is 50.7. The molecule has 3 unspecified atom stereocenters. The first-order chi connectivity index (χ1) is 33.4. The van der Waals surface area contributed by atoms with E-state index >= 15 is 0 Å². The molecule has 0 aliphatic heterocycles. The predicted molar refractivity (Wildman–Crippen MR) is 295 cm³/mol. The SMILES string of the molecule is CCCCC/C=C\C/C=C\CCCCCCCCCC(=O)NC(COP(=O)(O)OCC[N+](C)(C)C)C(/C=C\CCCCCCCCCCCCC)OC(=O)CCCCC/C=C\CCCCCCCC. The molecule has 0 fully saturated rings. The Balaban J connectivity index is 5.38. The largest absolute Gasteiger partial charge is 0.472 e. The minimum absolute atomic E-state index is 0.0364. The van der Waals surface area contributed by atoms with Crippen LogP contribution in [0.15, 0.2) is 48.6 Å². The first-order valence-electron chi connectivity index (χ1n) is 29.0. The van der Waals surface area contributed by atoms with Gasteiger partial charge in [-0.2, -0.15) is 0 Å². The molecule has 2 N–H and O–H groups in total. The third-order valence-corrected chi connectivity index (χ3v) is 13.7. The van der Waals surface area contributed by atoms with Gasteiger partial charge in [0, 0.05) is 12.8 Å². The highest BCUT2D eigenvalue weighted by molar-refractivity contribution is 7.47. The first-order valence-corrected chi connectivity index (χ1v) is 30.5. The van der Waals surface area contributed by atoms with Gasteiger partial charge in [0.2, 0.25) is 5.91 Å². The molecule has 0 saturated carbocycles. The van der Waals surface area contributed by atoms with E-state index in [1.807, 2.05) is 33.3 Å². The number of phosphoric acid groups is 1. The number of unbranched alkanes of at least 4 members (excludes halogenated alkanes) is 30. The van der Waals surface area contributed by atoms with Gasteiger partial charge in [0.1, 0.15) is 19.3 Å². The second-order valence-electron chi connectivity index (χ2n) is 20.8. The van der Waals surface area contributed by atoms with E-state index in [1.54, 1.807) is 0 Å². The molecule has 9 nitrogen and oxygen atoms in total. The number of nitrogens with one attached hydrogen (secondary N) is 1. The number of nitrogens with zero attached hydrogens (tertiary/aromatic N) is 1. The second-order valence-corrected chi connectivity index (χ2v) is 22.3. The van der Waals surface area contributed by atoms with Crippen molar-refractivity contribution in [3.63, 3.8) is 0 Å². The zero-order valence-electron chi connectivity index (χ0n) is 46.1. The summed E-state index contributed by atoms with van der Waals surface area (Å²) in [7, 11) is 1.48. The van der Waals surface area contributed by atoms with Gasteiger partial charge in [0.05, 0.1) is 33.8 Å². The first kappa shape index (κ1) is 67.0. The van der Waals surface area contributed by atoms with Gasteiger partial charge in [-0.3, -0.25) is 18.6 Å². The van der Waals surface area contributed by atoms with Gasteiger partial charge in [-0.1, -0.05) is 211 Å². The highest BCUT2D eigenvalue weighted by Crippen LogP contribution is 2.43. The van der Waals surface area contributed by atoms with E-state index in [1.165, 1.54) is 141 Å². The summed E-state index contributed by atoms with van der Waals surface area (Å²) in [4.78, 5) is 37.6. The molecule has 0 aliphatic rings. The van der Waals surface area contributed by atoms with E-state index in [-0.39, 0.29) is 31.5 Å². The van der Waals surface area contributed by atoms with Crippen molar-refractivity contribution in [1.29, 1.82) is 0 Å². The zero-order valence-corrected chi connectivity index (χ0v) is 47.0. The van der Waals surface area contributed by atoms with Crippen LogP contribution in [0.5, 0.6) is 0 Å². The van der Waals surface area contributed by atoms with Crippen molar-refractivity contribution in [2.45, 2.75) is 277 Å². The molecule has 0 aromatic heterocycles. The molecular formula is C59H112N2O7P+. The normalized spacial score (nSPS) is 14.1. The number of phosphoric ester groups is 1. The van der Waals surface area contributed by atoms with Crippen molar-refractivity contribution in [2.75, 3.05) is 40.9 Å². The second kappa shape index (κ2) is 49.5. The van der Waals surface area contributed by atoms with Crippen LogP contribution in [0.4, 0.5) is 0 Å². The molecule has 0 bridgehead atoms. The van der Waals surface area contributed by atoms with Gasteiger partial charge in [-0.05, 0) is 89.5 Å². The number of hydrogen-bond donors (Lipinski definition) is 2. The summed E-state index contributed by atoms with van der Waals surface area (Å²) in [5.74, 6) is -0.529. The van der Waals surface area contributed by atoms with E-state index in [2.05, 4.69) is 62.5 Å². The van der Waals surface area contributed by atoms with Crippen LogP contribution in [0.25, 0.3) is 0 Å². The number of allylic oxidation sites excluding steroid dienone is 7. The Bertz CT molecular complexity index is 1330. The van der Waals surface area contributed by atoms with Gasteiger partial charge in [-0.25, -0.2) is 4.57 Å². The lowest BCUT2D eigenvalue weighted by atomic mass is 10.0. The van der Waals surface area contributed by atoms with E-state index in [0.717, 1.165) is 83.5 Å². The minimum atomic E-state index is -4.45. The van der Waals surface area contributed by atoms with E-state index < -0.39 is 20.0 Å². The molecule has 0 radical (unpaired) electrons. The summed E-state index contributed by atoms with van der Waals surface area (Å²) in [5.41, 5.74) is 0. The maximum Gasteiger partial charge on any atom is 0.472 e. The standard InChI is InChI=1S/C59H111N2O7P/c1-7-10-13-16-19-22-25-28-29-30-31-34-36-39-42-45-48-51-58(62)60-56(55-67-69(64,65)66-54-53-61(4,5)6)57(50-47-44-41-38-35-32-26-23-20-17-14-11-8-2)68-59(63)52-49-46-43-40-37-33-27-24-21-18-15-12-9-3/h19,22,28-29,33,37,47,50,56-57H,7-18,20-21,23-27,30-32,34-36,38-46,48-49,51-55H2,1-6H3,(H-,60,62,64,65)/p+1/b22-19-,29-28-,37-33-,50-47-. The van der Waals surface area contributed by atoms with Crippen molar-refractivity contribution >= 4 is 19.7 Å². The molecule has 404 valence electrons. The molecule has 10 heteroatoms. The van der Waals surface area contributed by atoms with Gasteiger partial charge in [-0.15, -0.1) is 0 Å². The molecular weight excluding hydrogens is 880 g/mol. The number of hydrogen-bond acceptors (Lipinski definition) is 6. The monoisotopic (exact) mass is 992 g/mol. The quantitative estimate of drug-likeness (QED) is 0.0205. The van der Waals surface area contributed by atoms with Gasteiger partial charge in [0.25, 0.3) is 0 Å². The number of rotatable bonds is 52. The van der Waals surface area contributed by atoms with Gasteiger partial charge >= 0.3 is 13.8 Å². The molecule has 0 aromatic carbocycles. The van der Waals surface area contributed by atoms with Crippen molar-refractivity contribution in [2.24, 2.45) is 0 Å².